The smallest absolute Gasteiger partial charge is 0.147 e. The van der Waals surface area contributed by atoms with Gasteiger partial charge in [0.05, 0.1) is 0 Å². The second kappa shape index (κ2) is 16.9. The Morgan fingerprint density at radius 2 is 0.846 bits per heavy atom. The zero-order valence-corrected chi connectivity index (χ0v) is 38.8. The summed E-state index contributed by atoms with van der Waals surface area (Å²) in [5.74, 6) is 0. The molecule has 6 rings (SSSR count). The fourth-order valence-corrected chi connectivity index (χ4v) is 26.3. The van der Waals surface area contributed by atoms with E-state index in [1.165, 1.54) is 66.8 Å². The second-order valence-electron chi connectivity index (χ2n) is 16.0. The summed E-state index contributed by atoms with van der Waals surface area (Å²) in [5, 5.41) is 1.68. The molecule has 0 atom stereocenters. The quantitative estimate of drug-likeness (QED) is 0.146. The molecule has 0 fully saturated rings. The number of halogens is 4. The van der Waals surface area contributed by atoms with Gasteiger partial charge in [0, 0.05) is 0 Å². The molecule has 2 aromatic carbocycles. The van der Waals surface area contributed by atoms with Crippen LogP contribution in [0.5, 0.6) is 0 Å². The third kappa shape index (κ3) is 8.20. The van der Waals surface area contributed by atoms with Gasteiger partial charge in [-0.3, -0.25) is 0 Å². The van der Waals surface area contributed by atoms with E-state index in [0.717, 1.165) is 22.9 Å². The van der Waals surface area contributed by atoms with Crippen molar-refractivity contribution in [3.05, 3.63) is 129 Å². The van der Waals surface area contributed by atoms with E-state index >= 15 is 0 Å². The van der Waals surface area contributed by atoms with Crippen LogP contribution in [0.15, 0.2) is 97.1 Å². The van der Waals surface area contributed by atoms with Gasteiger partial charge in [0.1, 0.15) is 0 Å². The zero-order valence-electron chi connectivity index (χ0n) is 32.2. The Balaban J connectivity index is 0.00000302. The van der Waals surface area contributed by atoms with E-state index in [0.29, 0.717) is 0 Å². The molecule has 0 aromatic heterocycles. The van der Waals surface area contributed by atoms with Crippen LogP contribution >= 0.6 is 48.0 Å². The molecule has 0 N–H and O–H groups in total. The Morgan fingerprint density at radius 3 is 1.13 bits per heavy atom. The maximum Gasteiger partial charge on any atom is -0.147 e. The normalized spacial score (nSPS) is 11.7. The summed E-state index contributed by atoms with van der Waals surface area (Å²) < 4.78 is 3.40. The standard InChI is InChI=1S/2C22H22Cl.C2H6Si.2ClH.Zr/c2*1-5-15-12-16-8-6-7-9-18(19(16)13-15)17-10-11-20(21(23)14-17)22(2,3)4;1-3-2;;;/h2*6-11,13-14H,5H2,1-4H3;1-2H3;2*1H;. The Kier molecular flexibility index (Phi) is 13.9. The largest absolute Gasteiger partial charge is 0.147 e. The third-order valence-corrected chi connectivity index (χ3v) is 27.5. The van der Waals surface area contributed by atoms with Crippen molar-refractivity contribution < 1.29 is 20.4 Å². The van der Waals surface area contributed by atoms with E-state index in [9.17, 15) is 0 Å². The van der Waals surface area contributed by atoms with E-state index in [1.54, 1.807) is 6.54 Å². The SMILES string of the molecule is CCc1cc2c(-c3ccc(C(C)(C)C)c(Cl)c3)ccccc-2[c]1[Zr]([c]1c(CC)cc2c(-c3ccc(C(C)(C)C)c(Cl)c3)ccccc1-2)=[Si](C)C.Cl.Cl. The van der Waals surface area contributed by atoms with Crippen LogP contribution in [0.25, 0.3) is 44.5 Å². The summed E-state index contributed by atoms with van der Waals surface area (Å²) in [6.45, 7) is 23.2. The second-order valence-corrected chi connectivity index (χ2v) is 33.4. The summed E-state index contributed by atoms with van der Waals surface area (Å²) >= 11 is 11.4. The van der Waals surface area contributed by atoms with E-state index in [1.807, 2.05) is 0 Å². The molecule has 272 valence electrons. The minimum absolute atomic E-state index is 0. The zero-order chi connectivity index (χ0) is 36.1. The van der Waals surface area contributed by atoms with Crippen molar-refractivity contribution in [1.82, 2.24) is 0 Å². The van der Waals surface area contributed by atoms with Crippen molar-refractivity contribution in [2.75, 3.05) is 0 Å². The van der Waals surface area contributed by atoms with Crippen LogP contribution in [0.1, 0.15) is 77.6 Å². The van der Waals surface area contributed by atoms with Gasteiger partial charge < -0.3 is 0 Å². The van der Waals surface area contributed by atoms with Crippen LogP contribution in [-0.4, -0.2) is 5.43 Å². The van der Waals surface area contributed by atoms with Crippen LogP contribution in [0.2, 0.25) is 23.1 Å². The van der Waals surface area contributed by atoms with Crippen LogP contribution in [-0.2, 0) is 44.0 Å². The minimum Gasteiger partial charge on any atom is -0.147 e. The van der Waals surface area contributed by atoms with Crippen molar-refractivity contribution in [1.29, 1.82) is 0 Å². The first kappa shape index (κ1) is 42.8. The van der Waals surface area contributed by atoms with Crippen molar-refractivity contribution in [2.45, 2.75) is 92.2 Å². The van der Waals surface area contributed by atoms with Crippen molar-refractivity contribution in [3.8, 4) is 44.5 Å². The van der Waals surface area contributed by atoms with Gasteiger partial charge in [-0.1, -0.05) is 0 Å². The van der Waals surface area contributed by atoms with E-state index in [4.69, 9.17) is 23.2 Å². The summed E-state index contributed by atoms with van der Waals surface area (Å²) in [5.41, 5.74) is 15.3. The maximum absolute atomic E-state index is 6.97. The molecule has 0 unspecified atom stereocenters. The summed E-state index contributed by atoms with van der Waals surface area (Å²) in [6, 6.07) is 36.8. The molecule has 6 heteroatoms. The number of benzene rings is 2. The number of rotatable bonds is 6. The molecule has 0 saturated carbocycles. The van der Waals surface area contributed by atoms with Gasteiger partial charge in [-0.2, -0.15) is 0 Å². The molecule has 4 aliphatic rings. The predicted octanol–water partition coefficient (Wildman–Crippen LogP) is 13.9. The summed E-state index contributed by atoms with van der Waals surface area (Å²) in [7, 11) is 0. The molecule has 0 heterocycles. The number of aryl methyl sites for hydroxylation is 2. The maximum atomic E-state index is 6.97. The van der Waals surface area contributed by atoms with Crippen LogP contribution in [0.3, 0.4) is 0 Å². The van der Waals surface area contributed by atoms with Crippen LogP contribution in [0.4, 0.5) is 0 Å². The monoisotopic (exact) mass is 862 g/mol. The molecule has 52 heavy (non-hydrogen) atoms. The first-order chi connectivity index (χ1) is 23.6. The van der Waals surface area contributed by atoms with Crippen molar-refractivity contribution in [2.24, 2.45) is 0 Å². The Morgan fingerprint density at radius 1 is 0.500 bits per heavy atom. The van der Waals surface area contributed by atoms with Gasteiger partial charge >= 0.3 is 322 Å². The van der Waals surface area contributed by atoms with Gasteiger partial charge in [-0.25, -0.2) is 0 Å². The molecule has 0 aliphatic heterocycles. The van der Waals surface area contributed by atoms with Crippen molar-refractivity contribution in [3.63, 3.8) is 0 Å². The fourth-order valence-electron chi connectivity index (χ4n) is 7.70. The fraction of sp³-hybridized carbons (Fsp3) is 0.304. The van der Waals surface area contributed by atoms with Crippen molar-refractivity contribution >= 4 is 60.0 Å². The van der Waals surface area contributed by atoms with Gasteiger partial charge in [0.15, 0.2) is 0 Å². The molecular weight excluding hydrogens is 814 g/mol. The molecule has 0 radical (unpaired) electrons. The average Bonchev–Trinajstić information content (AvgIpc) is 3.39. The first-order valence-electron chi connectivity index (χ1n) is 18.0. The van der Waals surface area contributed by atoms with Crippen LogP contribution in [0, 0.1) is 0 Å². The van der Waals surface area contributed by atoms with Crippen LogP contribution < -0.4 is 6.54 Å². The summed E-state index contributed by atoms with van der Waals surface area (Å²) in [4.78, 5) is 0. The molecule has 2 aromatic rings. The number of hydrogen-bond acceptors (Lipinski definition) is 0. The number of fused-ring (bicyclic) bond motifs is 2. The molecular formula is C46H52Cl4SiZr. The Labute approximate surface area is 343 Å². The van der Waals surface area contributed by atoms with Gasteiger partial charge in [0.2, 0.25) is 0 Å². The Bertz CT molecular complexity index is 2050. The summed E-state index contributed by atoms with van der Waals surface area (Å²) in [6.07, 6.45) is 2.07. The van der Waals surface area contributed by atoms with E-state index < -0.39 is 25.8 Å². The topological polar surface area (TPSA) is 0 Å². The molecule has 0 nitrogen and oxygen atoms in total. The molecule has 4 aliphatic carbocycles. The van der Waals surface area contributed by atoms with E-state index in [-0.39, 0.29) is 35.6 Å². The molecule has 0 spiro atoms. The van der Waals surface area contributed by atoms with Gasteiger partial charge in [-0.15, -0.1) is 24.8 Å². The third-order valence-electron chi connectivity index (χ3n) is 10.2. The van der Waals surface area contributed by atoms with E-state index in [2.05, 4.69) is 166 Å². The van der Waals surface area contributed by atoms with Gasteiger partial charge in [-0.05, 0) is 0 Å². The molecule has 0 saturated heterocycles. The van der Waals surface area contributed by atoms with Gasteiger partial charge in [0.25, 0.3) is 0 Å². The first-order valence-corrected chi connectivity index (χ1v) is 27.4. The molecule has 0 bridgehead atoms. The molecule has 0 amide bonds. The number of hydrogen-bond donors (Lipinski definition) is 0. The Hall–Kier alpha value is -1.90. The minimum atomic E-state index is -2.50. The predicted molar refractivity (Wildman–Crippen MR) is 234 cm³/mol. The average molecular weight is 866 g/mol.